The van der Waals surface area contributed by atoms with Crippen molar-refractivity contribution in [2.45, 2.75) is 18.4 Å². The third-order valence-electron chi connectivity index (χ3n) is 3.44. The van der Waals surface area contributed by atoms with Crippen molar-refractivity contribution in [3.8, 4) is 0 Å². The number of nitrogens with one attached hydrogen (secondary N) is 1. The molecule has 0 aliphatic heterocycles. The lowest BCUT2D eigenvalue weighted by Crippen LogP contribution is -2.35. The first-order valence-corrected chi connectivity index (χ1v) is 7.19. The van der Waals surface area contributed by atoms with Gasteiger partial charge in [-0.15, -0.1) is 12.6 Å². The van der Waals surface area contributed by atoms with Gasteiger partial charge in [0.05, 0.1) is 6.04 Å². The highest BCUT2D eigenvalue weighted by atomic mass is 32.1. The Balaban J connectivity index is 2.32. The summed E-state index contributed by atoms with van der Waals surface area (Å²) in [7, 11) is 0. The van der Waals surface area contributed by atoms with E-state index in [1.165, 1.54) is 0 Å². The SMILES string of the molecule is O=CN[C@@H](CC(c1ccccc1)c1ccccc1)C(=O)S. The van der Waals surface area contributed by atoms with Gasteiger partial charge in [0, 0.05) is 5.92 Å². The molecule has 2 aromatic carbocycles. The van der Waals surface area contributed by atoms with E-state index in [1.54, 1.807) is 0 Å². The highest BCUT2D eigenvalue weighted by Crippen LogP contribution is 2.29. The van der Waals surface area contributed by atoms with Crippen molar-refractivity contribution < 1.29 is 9.59 Å². The van der Waals surface area contributed by atoms with Gasteiger partial charge in [-0.05, 0) is 17.5 Å². The average molecular weight is 299 g/mol. The molecule has 0 spiro atoms. The van der Waals surface area contributed by atoms with Crippen molar-refractivity contribution in [2.24, 2.45) is 0 Å². The lowest BCUT2D eigenvalue weighted by molar-refractivity contribution is -0.117. The minimum absolute atomic E-state index is 0.0287. The molecule has 0 bridgehead atoms. The molecule has 1 N–H and O–H groups in total. The molecule has 0 unspecified atom stereocenters. The second-order valence-electron chi connectivity index (χ2n) is 4.78. The van der Waals surface area contributed by atoms with Crippen molar-refractivity contribution in [3.63, 3.8) is 0 Å². The van der Waals surface area contributed by atoms with E-state index in [4.69, 9.17) is 0 Å². The molecule has 21 heavy (non-hydrogen) atoms. The van der Waals surface area contributed by atoms with Crippen LogP contribution < -0.4 is 5.32 Å². The Morgan fingerprint density at radius 3 is 1.86 bits per heavy atom. The van der Waals surface area contributed by atoms with Gasteiger partial charge in [-0.25, -0.2) is 0 Å². The van der Waals surface area contributed by atoms with Crippen LogP contribution in [-0.4, -0.2) is 17.6 Å². The molecule has 4 heteroatoms. The molecule has 0 radical (unpaired) electrons. The van der Waals surface area contributed by atoms with Gasteiger partial charge >= 0.3 is 0 Å². The normalized spacial score (nSPS) is 11.9. The summed E-state index contributed by atoms with van der Waals surface area (Å²) in [6.45, 7) is 0. The van der Waals surface area contributed by atoms with E-state index >= 15 is 0 Å². The number of benzene rings is 2. The van der Waals surface area contributed by atoms with E-state index in [2.05, 4.69) is 17.9 Å². The van der Waals surface area contributed by atoms with Crippen LogP contribution in [0.4, 0.5) is 0 Å². The Labute approximate surface area is 129 Å². The number of thiol groups is 1. The number of amides is 1. The quantitative estimate of drug-likeness (QED) is 0.610. The Bertz CT molecular complexity index is 547. The van der Waals surface area contributed by atoms with E-state index < -0.39 is 6.04 Å². The minimum Gasteiger partial charge on any atom is -0.348 e. The number of rotatable bonds is 7. The highest BCUT2D eigenvalue weighted by Gasteiger charge is 2.22. The summed E-state index contributed by atoms with van der Waals surface area (Å²) >= 11 is 3.87. The van der Waals surface area contributed by atoms with Gasteiger partial charge in [0.2, 0.25) is 11.5 Å². The Morgan fingerprint density at radius 1 is 1.00 bits per heavy atom. The first-order valence-electron chi connectivity index (χ1n) is 6.74. The van der Waals surface area contributed by atoms with Crippen molar-refractivity contribution in [1.29, 1.82) is 0 Å². The van der Waals surface area contributed by atoms with Crippen LogP contribution >= 0.6 is 12.6 Å². The van der Waals surface area contributed by atoms with Crippen LogP contribution in [0.3, 0.4) is 0 Å². The molecule has 1 amide bonds. The first kappa shape index (κ1) is 15.3. The van der Waals surface area contributed by atoms with Crippen molar-refractivity contribution >= 4 is 24.2 Å². The molecule has 0 aliphatic carbocycles. The molecule has 0 saturated heterocycles. The maximum Gasteiger partial charge on any atom is 0.208 e. The first-order chi connectivity index (χ1) is 10.2. The maximum absolute atomic E-state index is 11.6. The average Bonchev–Trinajstić information content (AvgIpc) is 2.53. The molecule has 108 valence electrons. The van der Waals surface area contributed by atoms with Crippen LogP contribution in [0.25, 0.3) is 0 Å². The van der Waals surface area contributed by atoms with Gasteiger partial charge < -0.3 is 5.32 Å². The van der Waals surface area contributed by atoms with Gasteiger partial charge in [-0.1, -0.05) is 60.7 Å². The molecule has 2 aromatic rings. The summed E-state index contributed by atoms with van der Waals surface area (Å²) in [6, 6.07) is 19.3. The summed E-state index contributed by atoms with van der Waals surface area (Å²) < 4.78 is 0. The second kappa shape index (κ2) is 7.64. The summed E-state index contributed by atoms with van der Waals surface area (Å²) in [4.78, 5) is 22.3. The Morgan fingerprint density at radius 2 is 1.48 bits per heavy atom. The molecule has 3 nitrogen and oxygen atoms in total. The van der Waals surface area contributed by atoms with Crippen LogP contribution in [0.1, 0.15) is 23.5 Å². The zero-order valence-corrected chi connectivity index (χ0v) is 12.4. The predicted molar refractivity (Wildman–Crippen MR) is 86.3 cm³/mol. The Kier molecular flexibility index (Phi) is 5.58. The Hall–Kier alpha value is -2.07. The summed E-state index contributed by atoms with van der Waals surface area (Å²) in [5, 5.41) is 2.21. The molecule has 0 aliphatic rings. The van der Waals surface area contributed by atoms with Gasteiger partial charge in [0.15, 0.2) is 0 Å². The van der Waals surface area contributed by atoms with Crippen molar-refractivity contribution in [2.75, 3.05) is 0 Å². The number of hydrogen-bond donors (Lipinski definition) is 2. The smallest absolute Gasteiger partial charge is 0.208 e. The van der Waals surface area contributed by atoms with Crippen LogP contribution in [0.15, 0.2) is 60.7 Å². The zero-order valence-electron chi connectivity index (χ0n) is 11.5. The van der Waals surface area contributed by atoms with Crippen LogP contribution in [0, 0.1) is 0 Å². The van der Waals surface area contributed by atoms with E-state index in [0.717, 1.165) is 11.1 Å². The van der Waals surface area contributed by atoms with E-state index in [1.807, 2.05) is 60.7 Å². The highest BCUT2D eigenvalue weighted by molar-refractivity contribution is 7.96. The zero-order chi connectivity index (χ0) is 15.1. The third kappa shape index (κ3) is 4.20. The number of carbonyl (C=O) groups excluding carboxylic acids is 2. The van der Waals surface area contributed by atoms with Gasteiger partial charge in [-0.3, -0.25) is 9.59 Å². The summed E-state index contributed by atoms with van der Waals surface area (Å²) in [5.74, 6) is 0.0287. The standard InChI is InChI=1S/C17H17NO2S/c19-12-18-16(17(20)21)11-15(13-7-3-1-4-8-13)14-9-5-2-6-10-14/h1-10,12,15-16H,11H2,(H,18,19)(H,20,21)/t16-/m0/s1. The fourth-order valence-corrected chi connectivity index (χ4v) is 2.57. The van der Waals surface area contributed by atoms with E-state index in [-0.39, 0.29) is 11.0 Å². The van der Waals surface area contributed by atoms with E-state index in [0.29, 0.717) is 12.8 Å². The van der Waals surface area contributed by atoms with Crippen molar-refractivity contribution in [1.82, 2.24) is 5.32 Å². The molecule has 0 fully saturated rings. The monoisotopic (exact) mass is 299 g/mol. The van der Waals surface area contributed by atoms with Crippen LogP contribution in [0.2, 0.25) is 0 Å². The minimum atomic E-state index is -0.601. The maximum atomic E-state index is 11.6. The predicted octanol–water partition coefficient (Wildman–Crippen LogP) is 2.78. The van der Waals surface area contributed by atoms with Crippen molar-refractivity contribution in [3.05, 3.63) is 71.8 Å². The second-order valence-corrected chi connectivity index (χ2v) is 5.23. The molecule has 0 saturated carbocycles. The van der Waals surface area contributed by atoms with Crippen LogP contribution in [-0.2, 0) is 9.59 Å². The fourth-order valence-electron chi connectivity index (χ4n) is 2.39. The van der Waals surface area contributed by atoms with Gasteiger partial charge in [0.1, 0.15) is 0 Å². The summed E-state index contributed by atoms with van der Waals surface area (Å²) in [6.07, 6.45) is 1.03. The number of carbonyl (C=O) groups is 2. The lowest BCUT2D eigenvalue weighted by Gasteiger charge is -2.22. The topological polar surface area (TPSA) is 46.2 Å². The lowest BCUT2D eigenvalue weighted by atomic mass is 9.86. The number of hydrogen-bond acceptors (Lipinski definition) is 2. The largest absolute Gasteiger partial charge is 0.348 e. The fraction of sp³-hybridized carbons (Fsp3) is 0.176. The van der Waals surface area contributed by atoms with E-state index in [9.17, 15) is 9.59 Å². The molecule has 0 heterocycles. The van der Waals surface area contributed by atoms with Gasteiger partial charge in [0.25, 0.3) is 0 Å². The third-order valence-corrected chi connectivity index (χ3v) is 3.75. The summed E-state index contributed by atoms with van der Waals surface area (Å²) in [5.41, 5.74) is 2.21. The van der Waals surface area contributed by atoms with Crippen LogP contribution in [0.5, 0.6) is 0 Å². The molecule has 2 rings (SSSR count). The molecule has 0 aromatic heterocycles. The molecular formula is C17H17NO2S. The molecule has 1 atom stereocenters. The molecular weight excluding hydrogens is 282 g/mol. The van der Waals surface area contributed by atoms with Gasteiger partial charge in [-0.2, -0.15) is 0 Å².